The molecule has 1 heteroatoms. The lowest BCUT2D eigenvalue weighted by atomic mass is 10.0. The van der Waals surface area contributed by atoms with Gasteiger partial charge in [0.15, 0.2) is 0 Å². The van der Waals surface area contributed by atoms with Crippen LogP contribution in [0.3, 0.4) is 0 Å². The van der Waals surface area contributed by atoms with Crippen molar-refractivity contribution in [3.63, 3.8) is 0 Å². The minimum Gasteiger partial charge on any atom is -0.300 e. The van der Waals surface area contributed by atoms with Crippen LogP contribution in [-0.4, -0.2) is 5.78 Å². The van der Waals surface area contributed by atoms with Crippen molar-refractivity contribution in [1.29, 1.82) is 0 Å². The number of carbonyl (C=O) groups excluding carboxylic acids is 1. The molecule has 0 radical (unpaired) electrons. The van der Waals surface area contributed by atoms with E-state index < -0.39 is 0 Å². The van der Waals surface area contributed by atoms with Gasteiger partial charge in [-0.3, -0.25) is 4.79 Å². The molecular weight excluding hydrogens is 184 g/mol. The number of rotatable bonds is 4. The first-order valence-corrected chi connectivity index (χ1v) is 5.92. The van der Waals surface area contributed by atoms with E-state index in [0.29, 0.717) is 18.6 Å². The average Bonchev–Trinajstić information content (AvgIpc) is 2.72. The summed E-state index contributed by atoms with van der Waals surface area (Å²) in [5.41, 5.74) is 4.36. The Bertz CT molecular complexity index is 366. The van der Waals surface area contributed by atoms with Crippen LogP contribution < -0.4 is 0 Å². The maximum absolute atomic E-state index is 11.2. The molecule has 80 valence electrons. The molecule has 1 nitrogen and oxygen atoms in total. The van der Waals surface area contributed by atoms with Crippen LogP contribution in [-0.2, 0) is 24.1 Å². The smallest absolute Gasteiger partial charge is 0.132 e. The van der Waals surface area contributed by atoms with Gasteiger partial charge in [0.1, 0.15) is 5.78 Å². The Morgan fingerprint density at radius 2 is 2.07 bits per heavy atom. The van der Waals surface area contributed by atoms with Gasteiger partial charge in [0.25, 0.3) is 0 Å². The van der Waals surface area contributed by atoms with Crippen LogP contribution >= 0.6 is 0 Å². The summed E-state index contributed by atoms with van der Waals surface area (Å²) in [4.78, 5) is 11.2. The van der Waals surface area contributed by atoms with Crippen LogP contribution in [0.4, 0.5) is 0 Å². The second-order valence-electron chi connectivity index (χ2n) is 4.35. The molecule has 0 N–H and O–H groups in total. The van der Waals surface area contributed by atoms with Crippen molar-refractivity contribution >= 4 is 5.78 Å². The van der Waals surface area contributed by atoms with Crippen molar-refractivity contribution in [2.24, 2.45) is 0 Å². The average molecular weight is 202 g/mol. The summed E-state index contributed by atoms with van der Waals surface area (Å²) >= 11 is 0. The van der Waals surface area contributed by atoms with E-state index in [1.165, 1.54) is 36.0 Å². The summed E-state index contributed by atoms with van der Waals surface area (Å²) in [5.74, 6) is 0.371. The van der Waals surface area contributed by atoms with Crippen LogP contribution in [0.15, 0.2) is 18.2 Å². The van der Waals surface area contributed by atoms with Crippen LogP contribution in [0.5, 0.6) is 0 Å². The molecule has 0 unspecified atom stereocenters. The van der Waals surface area contributed by atoms with Gasteiger partial charge < -0.3 is 0 Å². The summed E-state index contributed by atoms with van der Waals surface area (Å²) in [5, 5.41) is 0. The monoisotopic (exact) mass is 202 g/mol. The van der Waals surface area contributed by atoms with E-state index in [1.807, 2.05) is 6.92 Å². The van der Waals surface area contributed by atoms with Crippen molar-refractivity contribution < 1.29 is 4.79 Å². The first kappa shape index (κ1) is 10.4. The third-order valence-electron chi connectivity index (χ3n) is 3.25. The lowest BCUT2D eigenvalue weighted by molar-refractivity contribution is -0.118. The Morgan fingerprint density at radius 1 is 1.27 bits per heavy atom. The SMILES string of the molecule is CCC(=O)CCc1ccc2c(c1)CCC2. The Balaban J connectivity index is 2.01. The predicted molar refractivity (Wildman–Crippen MR) is 62.1 cm³/mol. The van der Waals surface area contributed by atoms with Gasteiger partial charge in [-0.05, 0) is 42.4 Å². The molecule has 0 aliphatic heterocycles. The van der Waals surface area contributed by atoms with Crippen LogP contribution in [0.2, 0.25) is 0 Å². The van der Waals surface area contributed by atoms with E-state index in [4.69, 9.17) is 0 Å². The van der Waals surface area contributed by atoms with Gasteiger partial charge in [-0.25, -0.2) is 0 Å². The largest absolute Gasteiger partial charge is 0.300 e. The van der Waals surface area contributed by atoms with E-state index in [2.05, 4.69) is 18.2 Å². The van der Waals surface area contributed by atoms with Gasteiger partial charge in [-0.2, -0.15) is 0 Å². The van der Waals surface area contributed by atoms with E-state index in [1.54, 1.807) is 0 Å². The van der Waals surface area contributed by atoms with Gasteiger partial charge in [0.2, 0.25) is 0 Å². The molecule has 0 spiro atoms. The minimum absolute atomic E-state index is 0.371. The van der Waals surface area contributed by atoms with Gasteiger partial charge in [-0.1, -0.05) is 25.1 Å². The number of hydrogen-bond donors (Lipinski definition) is 0. The molecule has 0 bridgehead atoms. The van der Waals surface area contributed by atoms with Crippen molar-refractivity contribution in [2.75, 3.05) is 0 Å². The van der Waals surface area contributed by atoms with Crippen molar-refractivity contribution in [1.82, 2.24) is 0 Å². The first-order chi connectivity index (χ1) is 7.29. The molecule has 0 heterocycles. The van der Waals surface area contributed by atoms with Crippen molar-refractivity contribution in [2.45, 2.75) is 45.4 Å². The molecule has 0 atom stereocenters. The molecule has 0 fully saturated rings. The van der Waals surface area contributed by atoms with Crippen LogP contribution in [0.1, 0.15) is 42.9 Å². The molecule has 1 aromatic rings. The molecule has 0 amide bonds. The third kappa shape index (κ3) is 2.47. The fourth-order valence-electron chi connectivity index (χ4n) is 2.24. The molecule has 0 saturated heterocycles. The number of hydrogen-bond acceptors (Lipinski definition) is 1. The third-order valence-corrected chi connectivity index (χ3v) is 3.25. The number of ketones is 1. The standard InChI is InChI=1S/C14H18O/c1-2-14(15)9-7-11-6-8-12-4-3-5-13(12)10-11/h6,8,10H,2-5,7,9H2,1H3. The zero-order valence-electron chi connectivity index (χ0n) is 9.38. The fourth-order valence-corrected chi connectivity index (χ4v) is 2.24. The van der Waals surface area contributed by atoms with Gasteiger partial charge in [-0.15, -0.1) is 0 Å². The lowest BCUT2D eigenvalue weighted by Gasteiger charge is -2.04. The van der Waals surface area contributed by atoms with E-state index in [0.717, 1.165) is 6.42 Å². The van der Waals surface area contributed by atoms with E-state index >= 15 is 0 Å². The van der Waals surface area contributed by atoms with E-state index in [9.17, 15) is 4.79 Å². The fraction of sp³-hybridized carbons (Fsp3) is 0.500. The summed E-state index contributed by atoms with van der Waals surface area (Å²) in [6, 6.07) is 6.73. The molecule has 15 heavy (non-hydrogen) atoms. The number of benzene rings is 1. The Hall–Kier alpha value is -1.11. The van der Waals surface area contributed by atoms with Crippen molar-refractivity contribution in [3.05, 3.63) is 34.9 Å². The maximum atomic E-state index is 11.2. The zero-order valence-corrected chi connectivity index (χ0v) is 9.38. The topological polar surface area (TPSA) is 17.1 Å². The quantitative estimate of drug-likeness (QED) is 0.733. The Morgan fingerprint density at radius 3 is 2.87 bits per heavy atom. The highest BCUT2D eigenvalue weighted by atomic mass is 16.1. The predicted octanol–water partition coefficient (Wildman–Crippen LogP) is 3.09. The van der Waals surface area contributed by atoms with Gasteiger partial charge >= 0.3 is 0 Å². The Labute approximate surface area is 91.5 Å². The normalized spacial score (nSPS) is 13.9. The van der Waals surface area contributed by atoms with Crippen LogP contribution in [0.25, 0.3) is 0 Å². The van der Waals surface area contributed by atoms with Gasteiger partial charge in [0.05, 0.1) is 0 Å². The number of aryl methyl sites for hydroxylation is 3. The molecule has 0 saturated carbocycles. The number of Topliss-reactive ketones (excluding diaryl/α,β-unsaturated/α-hetero) is 1. The highest BCUT2D eigenvalue weighted by Gasteiger charge is 2.10. The summed E-state index contributed by atoms with van der Waals surface area (Å²) in [6.07, 6.45) is 6.06. The summed E-state index contributed by atoms with van der Waals surface area (Å²) in [6.45, 7) is 1.94. The summed E-state index contributed by atoms with van der Waals surface area (Å²) in [7, 11) is 0. The highest BCUT2D eigenvalue weighted by molar-refractivity contribution is 5.78. The molecule has 0 aromatic heterocycles. The minimum atomic E-state index is 0.371. The second kappa shape index (κ2) is 4.61. The van der Waals surface area contributed by atoms with Crippen LogP contribution in [0, 0.1) is 0 Å². The molecular formula is C14H18O. The first-order valence-electron chi connectivity index (χ1n) is 5.92. The number of carbonyl (C=O) groups is 1. The molecule has 1 aromatic carbocycles. The lowest BCUT2D eigenvalue weighted by Crippen LogP contribution is -1.98. The zero-order chi connectivity index (χ0) is 10.7. The Kier molecular flexibility index (Phi) is 3.20. The highest BCUT2D eigenvalue weighted by Crippen LogP contribution is 2.23. The molecule has 2 rings (SSSR count). The summed E-state index contributed by atoms with van der Waals surface area (Å²) < 4.78 is 0. The maximum Gasteiger partial charge on any atom is 0.132 e. The molecule has 1 aliphatic rings. The number of fused-ring (bicyclic) bond motifs is 1. The molecule has 1 aliphatic carbocycles. The van der Waals surface area contributed by atoms with E-state index in [-0.39, 0.29) is 0 Å². The van der Waals surface area contributed by atoms with Crippen molar-refractivity contribution in [3.8, 4) is 0 Å². The second-order valence-corrected chi connectivity index (χ2v) is 4.35. The van der Waals surface area contributed by atoms with Gasteiger partial charge in [0, 0.05) is 12.8 Å².